The molecule has 0 saturated carbocycles. The maximum Gasteiger partial charge on any atom is 0.252 e. The molecule has 10 heteroatoms. The van der Waals surface area contributed by atoms with Gasteiger partial charge < -0.3 is 15.8 Å². The molecule has 7 nitrogen and oxygen atoms in total. The summed E-state index contributed by atoms with van der Waals surface area (Å²) in [4.78, 5) is 5.16. The number of anilines is 1. The van der Waals surface area contributed by atoms with Crippen molar-refractivity contribution in [1.82, 2.24) is 4.31 Å². The van der Waals surface area contributed by atoms with Gasteiger partial charge in [0.05, 0.1) is 19.8 Å². The summed E-state index contributed by atoms with van der Waals surface area (Å²) in [7, 11) is -3.46. The minimum Gasteiger partial charge on any atom is -0.379 e. The Morgan fingerprint density at radius 3 is 2.75 bits per heavy atom. The van der Waals surface area contributed by atoms with Crippen LogP contribution in [0.15, 0.2) is 45.6 Å². The van der Waals surface area contributed by atoms with Crippen molar-refractivity contribution in [3.05, 3.63) is 46.8 Å². The van der Waals surface area contributed by atoms with Crippen molar-refractivity contribution in [3.63, 3.8) is 0 Å². The van der Waals surface area contributed by atoms with Crippen LogP contribution in [0.1, 0.15) is 17.4 Å². The van der Waals surface area contributed by atoms with E-state index in [2.05, 4.69) is 23.3 Å². The summed E-state index contributed by atoms with van der Waals surface area (Å²) in [5.41, 5.74) is 8.06. The number of ether oxygens (including phenoxy) is 1. The number of aliphatic imine (C=N–C) groups is 1. The molecule has 0 aliphatic carbocycles. The predicted octanol–water partition coefficient (Wildman–Crippen LogP) is 2.88. The lowest BCUT2D eigenvalue weighted by Crippen LogP contribution is -2.40. The van der Waals surface area contributed by atoms with Crippen LogP contribution in [0.4, 0.5) is 5.69 Å². The molecule has 1 saturated heterocycles. The lowest BCUT2D eigenvalue weighted by Gasteiger charge is -2.25. The average Bonchev–Trinajstić information content (AvgIpc) is 3.17. The minimum atomic E-state index is -3.46. The largest absolute Gasteiger partial charge is 0.379 e. The second kappa shape index (κ2) is 10.5. The zero-order valence-electron chi connectivity index (χ0n) is 15.6. The lowest BCUT2D eigenvalue weighted by atomic mass is 10.1. The first-order valence-corrected chi connectivity index (χ1v) is 11.1. The molecule has 0 amide bonds. The van der Waals surface area contributed by atoms with Gasteiger partial charge in [-0.25, -0.2) is 13.4 Å². The van der Waals surface area contributed by atoms with Crippen molar-refractivity contribution in [2.24, 2.45) is 10.7 Å². The van der Waals surface area contributed by atoms with Gasteiger partial charge in [0, 0.05) is 23.7 Å². The summed E-state index contributed by atoms with van der Waals surface area (Å²) in [6.45, 7) is 4.07. The predicted molar refractivity (Wildman–Crippen MR) is 124 cm³/mol. The molecule has 2 aromatic rings. The summed E-state index contributed by atoms with van der Waals surface area (Å²) in [6.07, 6.45) is 0.947. The van der Waals surface area contributed by atoms with Crippen LogP contribution in [0.3, 0.4) is 0 Å². The van der Waals surface area contributed by atoms with Crippen LogP contribution in [-0.4, -0.2) is 45.0 Å². The van der Waals surface area contributed by atoms with Gasteiger partial charge in [0.15, 0.2) is 5.96 Å². The van der Waals surface area contributed by atoms with E-state index >= 15 is 0 Å². The second-order valence-corrected chi connectivity index (χ2v) is 9.45. The number of guanidine groups is 1. The molecule has 1 aromatic heterocycles. The Bertz CT molecular complexity index is 909. The quantitative estimate of drug-likeness (QED) is 0.336. The molecule has 3 N–H and O–H groups in total. The first-order valence-electron chi connectivity index (χ1n) is 8.81. The SMILES string of the molecule is CCc1cccc(NC(N)=NCc2ccc(S(=O)(=O)N3CCOCC3)s2)c1.I. The van der Waals surface area contributed by atoms with Crippen molar-refractivity contribution in [2.45, 2.75) is 24.1 Å². The van der Waals surface area contributed by atoms with Crippen LogP contribution in [0.5, 0.6) is 0 Å². The zero-order chi connectivity index (χ0) is 19.3. The Morgan fingerprint density at radius 2 is 2.04 bits per heavy atom. The van der Waals surface area contributed by atoms with E-state index in [-0.39, 0.29) is 24.0 Å². The number of thiophene rings is 1. The van der Waals surface area contributed by atoms with Gasteiger partial charge in [-0.1, -0.05) is 19.1 Å². The third-order valence-corrected chi connectivity index (χ3v) is 7.65. The first-order chi connectivity index (χ1) is 13.0. The standard InChI is InChI=1S/C18H24N4O3S2.HI/c1-2-14-4-3-5-15(12-14)21-18(19)20-13-16-6-7-17(26-16)27(23,24)22-8-10-25-11-9-22;/h3-7,12H,2,8-11,13H2,1H3,(H3,19,20,21);1H. The molecule has 0 bridgehead atoms. The third-order valence-electron chi connectivity index (χ3n) is 4.21. The van der Waals surface area contributed by atoms with E-state index in [4.69, 9.17) is 10.5 Å². The molecule has 3 rings (SSSR count). The number of morpholine rings is 1. The second-order valence-electron chi connectivity index (χ2n) is 6.12. The molecular weight excluding hydrogens is 511 g/mol. The number of benzene rings is 1. The fourth-order valence-electron chi connectivity index (χ4n) is 2.72. The van der Waals surface area contributed by atoms with Gasteiger partial charge in [0.2, 0.25) is 0 Å². The molecule has 28 heavy (non-hydrogen) atoms. The number of hydrogen-bond acceptors (Lipinski definition) is 5. The summed E-state index contributed by atoms with van der Waals surface area (Å²) in [6, 6.07) is 11.4. The Hall–Kier alpha value is -1.21. The zero-order valence-corrected chi connectivity index (χ0v) is 19.6. The fourth-order valence-corrected chi connectivity index (χ4v) is 5.56. The summed E-state index contributed by atoms with van der Waals surface area (Å²) >= 11 is 1.23. The molecule has 0 atom stereocenters. The number of aryl methyl sites for hydroxylation is 1. The van der Waals surface area contributed by atoms with Gasteiger partial charge in [0.25, 0.3) is 10.0 Å². The van der Waals surface area contributed by atoms with Crippen LogP contribution in [0.2, 0.25) is 0 Å². The Kier molecular flexibility index (Phi) is 8.68. The number of nitrogens with zero attached hydrogens (tertiary/aromatic N) is 2. The number of halogens is 1. The van der Waals surface area contributed by atoms with Gasteiger partial charge >= 0.3 is 0 Å². The van der Waals surface area contributed by atoms with Gasteiger partial charge in [-0.15, -0.1) is 35.3 Å². The number of hydrogen-bond donors (Lipinski definition) is 2. The van der Waals surface area contributed by atoms with Crippen LogP contribution >= 0.6 is 35.3 Å². The van der Waals surface area contributed by atoms with E-state index in [1.165, 1.54) is 21.2 Å². The minimum absolute atomic E-state index is 0. The number of sulfonamides is 1. The molecule has 154 valence electrons. The van der Waals surface area contributed by atoms with Gasteiger partial charge in [0.1, 0.15) is 4.21 Å². The van der Waals surface area contributed by atoms with E-state index in [1.807, 2.05) is 18.2 Å². The third kappa shape index (κ3) is 5.89. The fraction of sp³-hybridized carbons (Fsp3) is 0.389. The molecule has 1 aromatic carbocycles. The van der Waals surface area contributed by atoms with Crippen LogP contribution in [-0.2, 0) is 27.7 Å². The van der Waals surface area contributed by atoms with Crippen LogP contribution < -0.4 is 11.1 Å². The van der Waals surface area contributed by atoms with Crippen molar-refractivity contribution >= 4 is 57.0 Å². The highest BCUT2D eigenvalue weighted by molar-refractivity contribution is 14.0. The molecule has 0 radical (unpaired) electrons. The van der Waals surface area contributed by atoms with Gasteiger partial charge in [-0.2, -0.15) is 4.31 Å². The van der Waals surface area contributed by atoms with Crippen molar-refractivity contribution in [3.8, 4) is 0 Å². The highest BCUT2D eigenvalue weighted by Crippen LogP contribution is 2.26. The lowest BCUT2D eigenvalue weighted by molar-refractivity contribution is 0.0731. The topological polar surface area (TPSA) is 97.0 Å². The molecule has 1 aliphatic heterocycles. The van der Waals surface area contributed by atoms with Gasteiger partial charge in [-0.3, -0.25) is 0 Å². The van der Waals surface area contributed by atoms with Gasteiger partial charge in [-0.05, 0) is 36.2 Å². The van der Waals surface area contributed by atoms with Crippen molar-refractivity contribution in [2.75, 3.05) is 31.6 Å². The summed E-state index contributed by atoms with van der Waals surface area (Å²) < 4.78 is 32.3. The maximum atomic E-state index is 12.6. The number of rotatable bonds is 6. The molecule has 0 unspecified atom stereocenters. The first kappa shape index (κ1) is 23.1. The summed E-state index contributed by atoms with van der Waals surface area (Å²) in [5, 5.41) is 3.07. The number of nitrogens with one attached hydrogen (secondary N) is 1. The average molecular weight is 536 g/mol. The van der Waals surface area contributed by atoms with E-state index in [1.54, 1.807) is 12.1 Å². The summed E-state index contributed by atoms with van der Waals surface area (Å²) in [5.74, 6) is 0.300. The van der Waals surface area contributed by atoms with E-state index < -0.39 is 10.0 Å². The monoisotopic (exact) mass is 536 g/mol. The molecular formula is C18H25IN4O3S2. The number of nitrogens with two attached hydrogens (primary N) is 1. The van der Waals surface area contributed by atoms with E-state index in [0.717, 1.165) is 17.0 Å². The molecule has 1 aliphatic rings. The smallest absolute Gasteiger partial charge is 0.252 e. The van der Waals surface area contributed by atoms with Crippen LogP contribution in [0, 0.1) is 0 Å². The van der Waals surface area contributed by atoms with Crippen LogP contribution in [0.25, 0.3) is 0 Å². The highest BCUT2D eigenvalue weighted by atomic mass is 127. The Morgan fingerprint density at radius 1 is 1.29 bits per heavy atom. The Labute approximate surface area is 187 Å². The van der Waals surface area contributed by atoms with Crippen molar-refractivity contribution in [1.29, 1.82) is 0 Å². The van der Waals surface area contributed by atoms with Crippen molar-refractivity contribution < 1.29 is 13.2 Å². The normalized spacial score (nSPS) is 15.8. The molecule has 2 heterocycles. The van der Waals surface area contributed by atoms with E-state index in [9.17, 15) is 8.42 Å². The molecule has 0 spiro atoms. The molecule has 1 fully saturated rings. The Balaban J connectivity index is 0.00000280. The highest BCUT2D eigenvalue weighted by Gasteiger charge is 2.27. The maximum absolute atomic E-state index is 12.6. The van der Waals surface area contributed by atoms with E-state index in [0.29, 0.717) is 43.0 Å².